The number of para-hydroxylation sites is 1. The van der Waals surface area contributed by atoms with Gasteiger partial charge in [-0.2, -0.15) is 0 Å². The van der Waals surface area contributed by atoms with E-state index in [0.717, 1.165) is 11.4 Å². The van der Waals surface area contributed by atoms with Crippen LogP contribution in [0.15, 0.2) is 67.3 Å². The number of hydrogen-bond acceptors (Lipinski definition) is 4. The molecule has 2 aromatic carbocycles. The van der Waals surface area contributed by atoms with Crippen molar-refractivity contribution in [1.82, 2.24) is 4.90 Å². The van der Waals surface area contributed by atoms with E-state index in [1.54, 1.807) is 47.3 Å². The lowest BCUT2D eigenvalue weighted by Gasteiger charge is -2.26. The molecule has 0 aliphatic rings. The first-order valence-corrected chi connectivity index (χ1v) is 9.20. The van der Waals surface area contributed by atoms with E-state index in [1.807, 2.05) is 37.3 Å². The normalized spacial score (nSPS) is 10.4. The Morgan fingerprint density at radius 1 is 1.07 bits per heavy atom. The minimum Gasteiger partial charge on any atom is -0.497 e. The Labute approximate surface area is 166 Å². The highest BCUT2D eigenvalue weighted by molar-refractivity contribution is 5.96. The van der Waals surface area contributed by atoms with Crippen molar-refractivity contribution in [2.24, 2.45) is 0 Å². The number of benzene rings is 2. The van der Waals surface area contributed by atoms with Crippen LogP contribution in [0.4, 0.5) is 11.4 Å². The first-order valence-electron chi connectivity index (χ1n) is 9.20. The van der Waals surface area contributed by atoms with E-state index in [2.05, 4.69) is 11.9 Å². The van der Waals surface area contributed by atoms with Crippen LogP contribution in [-0.4, -0.2) is 50.0 Å². The molecule has 0 saturated carbocycles. The third-order valence-corrected chi connectivity index (χ3v) is 4.23. The van der Waals surface area contributed by atoms with Gasteiger partial charge in [-0.05, 0) is 42.9 Å². The van der Waals surface area contributed by atoms with Crippen LogP contribution in [0.25, 0.3) is 0 Å². The molecule has 2 amide bonds. The van der Waals surface area contributed by atoms with Gasteiger partial charge in [0.05, 0.1) is 20.2 Å². The summed E-state index contributed by atoms with van der Waals surface area (Å²) in [5.41, 5.74) is 1.50. The average Bonchev–Trinajstić information content (AvgIpc) is 2.72. The number of methoxy groups -OCH3 is 1. The zero-order valence-electron chi connectivity index (χ0n) is 16.4. The van der Waals surface area contributed by atoms with Crippen molar-refractivity contribution in [3.05, 3.63) is 67.3 Å². The highest BCUT2D eigenvalue weighted by atomic mass is 16.5. The molecule has 0 unspecified atom stereocenters. The largest absolute Gasteiger partial charge is 0.497 e. The second-order valence-corrected chi connectivity index (χ2v) is 6.21. The fraction of sp³-hybridized carbons (Fsp3) is 0.273. The van der Waals surface area contributed by atoms with Crippen molar-refractivity contribution >= 4 is 23.2 Å². The summed E-state index contributed by atoms with van der Waals surface area (Å²) in [6, 6.07) is 16.6. The van der Waals surface area contributed by atoms with E-state index < -0.39 is 0 Å². The number of carbonyl (C=O) groups excluding carboxylic acids is 2. The lowest BCUT2D eigenvalue weighted by Crippen LogP contribution is -2.43. The van der Waals surface area contributed by atoms with Gasteiger partial charge >= 0.3 is 0 Å². The standard InChI is InChI=1S/C22H27N3O3/c1-4-15-25(19-9-7-6-8-10-19)22(27)17-24(5-2)16-21(26)23-18-11-13-20(28-3)14-12-18/h4,6-14H,1,5,15-17H2,2-3H3,(H,23,26). The van der Waals surface area contributed by atoms with Gasteiger partial charge in [0.1, 0.15) is 5.75 Å². The molecule has 0 heterocycles. The third-order valence-electron chi connectivity index (χ3n) is 4.23. The van der Waals surface area contributed by atoms with Gasteiger partial charge in [0, 0.05) is 17.9 Å². The predicted octanol–water partition coefficient (Wildman–Crippen LogP) is 3.17. The van der Waals surface area contributed by atoms with Gasteiger partial charge in [-0.25, -0.2) is 0 Å². The minimum absolute atomic E-state index is 0.0785. The van der Waals surface area contributed by atoms with Gasteiger partial charge in [-0.1, -0.05) is 31.2 Å². The molecule has 0 aliphatic heterocycles. The number of anilines is 2. The van der Waals surface area contributed by atoms with E-state index in [1.165, 1.54) is 0 Å². The van der Waals surface area contributed by atoms with E-state index in [4.69, 9.17) is 4.74 Å². The van der Waals surface area contributed by atoms with Gasteiger partial charge in [0.15, 0.2) is 0 Å². The molecular weight excluding hydrogens is 354 g/mol. The number of rotatable bonds is 10. The number of likely N-dealkylation sites (N-methyl/N-ethyl adjacent to an activating group) is 1. The zero-order valence-corrected chi connectivity index (χ0v) is 16.4. The molecule has 0 atom stereocenters. The van der Waals surface area contributed by atoms with Crippen molar-refractivity contribution in [3.8, 4) is 5.75 Å². The van der Waals surface area contributed by atoms with Crippen LogP contribution < -0.4 is 15.0 Å². The van der Waals surface area contributed by atoms with E-state index in [0.29, 0.717) is 18.8 Å². The molecule has 0 spiro atoms. The maximum Gasteiger partial charge on any atom is 0.241 e. The fourth-order valence-corrected chi connectivity index (χ4v) is 2.72. The second-order valence-electron chi connectivity index (χ2n) is 6.21. The van der Waals surface area contributed by atoms with E-state index >= 15 is 0 Å². The Hall–Kier alpha value is -3.12. The first kappa shape index (κ1) is 21.2. The number of nitrogens with one attached hydrogen (secondary N) is 1. The molecule has 1 N–H and O–H groups in total. The summed E-state index contributed by atoms with van der Waals surface area (Å²) in [6.45, 7) is 6.93. The third kappa shape index (κ3) is 6.25. The van der Waals surface area contributed by atoms with Gasteiger partial charge < -0.3 is 15.0 Å². The number of ether oxygens (including phenoxy) is 1. The molecule has 2 aromatic rings. The van der Waals surface area contributed by atoms with Crippen molar-refractivity contribution < 1.29 is 14.3 Å². The summed E-state index contributed by atoms with van der Waals surface area (Å²) in [6.07, 6.45) is 1.69. The van der Waals surface area contributed by atoms with Crippen LogP contribution in [0.3, 0.4) is 0 Å². The average molecular weight is 381 g/mol. The Balaban J connectivity index is 1.96. The van der Waals surface area contributed by atoms with Crippen molar-refractivity contribution in [2.75, 3.05) is 43.5 Å². The lowest BCUT2D eigenvalue weighted by atomic mass is 10.2. The lowest BCUT2D eigenvalue weighted by molar-refractivity contribution is -0.121. The fourth-order valence-electron chi connectivity index (χ4n) is 2.72. The van der Waals surface area contributed by atoms with Gasteiger partial charge in [0.2, 0.25) is 11.8 Å². The van der Waals surface area contributed by atoms with Gasteiger partial charge in [0.25, 0.3) is 0 Å². The molecule has 0 saturated heterocycles. The quantitative estimate of drug-likeness (QED) is 0.642. The number of amides is 2. The summed E-state index contributed by atoms with van der Waals surface area (Å²) in [4.78, 5) is 28.6. The Kier molecular flexibility index (Phi) is 8.24. The smallest absolute Gasteiger partial charge is 0.241 e. The molecule has 6 nitrogen and oxygen atoms in total. The molecule has 2 rings (SSSR count). The van der Waals surface area contributed by atoms with Crippen LogP contribution in [-0.2, 0) is 9.59 Å². The molecule has 0 radical (unpaired) electrons. The van der Waals surface area contributed by atoms with Crippen LogP contribution in [0.2, 0.25) is 0 Å². The van der Waals surface area contributed by atoms with Crippen LogP contribution in [0, 0.1) is 0 Å². The Bertz CT molecular complexity index is 775. The van der Waals surface area contributed by atoms with E-state index in [9.17, 15) is 9.59 Å². The Morgan fingerprint density at radius 3 is 2.32 bits per heavy atom. The van der Waals surface area contributed by atoms with Gasteiger partial charge in [-0.15, -0.1) is 6.58 Å². The van der Waals surface area contributed by atoms with Crippen LogP contribution >= 0.6 is 0 Å². The summed E-state index contributed by atoms with van der Waals surface area (Å²) >= 11 is 0. The minimum atomic E-state index is -0.171. The summed E-state index contributed by atoms with van der Waals surface area (Å²) < 4.78 is 5.11. The molecule has 6 heteroatoms. The SMILES string of the molecule is C=CCN(C(=O)CN(CC)CC(=O)Nc1ccc(OC)cc1)c1ccccc1. The molecule has 0 aromatic heterocycles. The summed E-state index contributed by atoms with van der Waals surface area (Å²) in [5, 5.41) is 2.84. The molecule has 0 fully saturated rings. The number of hydrogen-bond donors (Lipinski definition) is 1. The zero-order chi connectivity index (χ0) is 20.4. The molecule has 148 valence electrons. The molecule has 0 aliphatic carbocycles. The number of carbonyl (C=O) groups is 2. The maximum atomic E-state index is 12.8. The highest BCUT2D eigenvalue weighted by Gasteiger charge is 2.19. The summed E-state index contributed by atoms with van der Waals surface area (Å²) in [7, 11) is 1.59. The maximum absolute atomic E-state index is 12.8. The highest BCUT2D eigenvalue weighted by Crippen LogP contribution is 2.16. The van der Waals surface area contributed by atoms with E-state index in [-0.39, 0.29) is 24.9 Å². The Morgan fingerprint density at radius 2 is 1.75 bits per heavy atom. The molecule has 28 heavy (non-hydrogen) atoms. The van der Waals surface area contributed by atoms with Crippen molar-refractivity contribution in [3.63, 3.8) is 0 Å². The van der Waals surface area contributed by atoms with Crippen LogP contribution in [0.5, 0.6) is 5.75 Å². The molecular formula is C22H27N3O3. The van der Waals surface area contributed by atoms with Crippen molar-refractivity contribution in [1.29, 1.82) is 0 Å². The topological polar surface area (TPSA) is 61.9 Å². The predicted molar refractivity (Wildman–Crippen MR) is 113 cm³/mol. The van der Waals surface area contributed by atoms with Crippen LogP contribution in [0.1, 0.15) is 6.92 Å². The molecule has 0 bridgehead atoms. The second kappa shape index (κ2) is 10.9. The number of nitrogens with zero attached hydrogens (tertiary/aromatic N) is 2. The first-order chi connectivity index (χ1) is 13.6. The van der Waals surface area contributed by atoms with Crippen molar-refractivity contribution in [2.45, 2.75) is 6.92 Å². The summed E-state index contributed by atoms with van der Waals surface area (Å²) in [5.74, 6) is 0.474. The van der Waals surface area contributed by atoms with Gasteiger partial charge in [-0.3, -0.25) is 14.5 Å². The monoisotopic (exact) mass is 381 g/mol.